The lowest BCUT2D eigenvalue weighted by molar-refractivity contribution is 0.302. The van der Waals surface area contributed by atoms with Crippen molar-refractivity contribution in [1.29, 1.82) is 0 Å². The van der Waals surface area contributed by atoms with Crippen LogP contribution in [0, 0.1) is 11.2 Å². The van der Waals surface area contributed by atoms with Crippen molar-refractivity contribution in [2.24, 2.45) is 0 Å². The van der Waals surface area contributed by atoms with Crippen LogP contribution in [-0.4, -0.2) is 6.10 Å². The maximum atomic E-state index is 5.74. The van der Waals surface area contributed by atoms with E-state index in [0.29, 0.717) is 6.10 Å². The summed E-state index contributed by atoms with van der Waals surface area (Å²) in [6.07, 6.45) is 2.80. The fraction of sp³-hybridized carbons (Fsp3) is 0.273. The van der Waals surface area contributed by atoms with E-state index in [4.69, 9.17) is 4.74 Å². The van der Waals surface area contributed by atoms with Gasteiger partial charge in [-0.05, 0) is 39.2 Å². The van der Waals surface area contributed by atoms with Gasteiger partial charge in [-0.15, -0.1) is 0 Å². The summed E-state index contributed by atoms with van der Waals surface area (Å²) in [5, 5.41) is 2.97. The lowest BCUT2D eigenvalue weighted by atomic mass is 10.2. The molecule has 0 saturated heterocycles. The van der Waals surface area contributed by atoms with E-state index in [9.17, 15) is 0 Å². The van der Waals surface area contributed by atoms with Crippen molar-refractivity contribution < 1.29 is 4.74 Å². The molecule has 0 unspecified atom stereocenters. The minimum Gasteiger partial charge on any atom is -0.489 e. The molecule has 1 aromatic rings. The van der Waals surface area contributed by atoms with Gasteiger partial charge in [0.05, 0.1) is 11.7 Å². The molecular formula is C11H9IOS. The Bertz CT molecular complexity index is 376. The summed E-state index contributed by atoms with van der Waals surface area (Å²) in [5.74, 6) is 4.00. The maximum absolute atomic E-state index is 5.74. The lowest BCUT2D eigenvalue weighted by Gasteiger charge is -2.05. The van der Waals surface area contributed by atoms with Crippen molar-refractivity contribution in [3.8, 4) is 16.9 Å². The smallest absolute Gasteiger partial charge is 0.135 e. The molecule has 0 N–H and O–H groups in total. The predicted octanol–water partition coefficient (Wildman–Crippen LogP) is 3.62. The van der Waals surface area contributed by atoms with Crippen LogP contribution in [0.1, 0.15) is 18.4 Å². The van der Waals surface area contributed by atoms with Crippen LogP contribution in [0.15, 0.2) is 24.3 Å². The van der Waals surface area contributed by atoms with Crippen LogP contribution in [-0.2, 0) is 0 Å². The van der Waals surface area contributed by atoms with E-state index in [1.165, 1.54) is 21.8 Å². The summed E-state index contributed by atoms with van der Waals surface area (Å²) < 4.78 is 5.74. The van der Waals surface area contributed by atoms with E-state index in [1.807, 2.05) is 24.3 Å². The van der Waals surface area contributed by atoms with E-state index in [1.54, 1.807) is 0 Å². The van der Waals surface area contributed by atoms with Gasteiger partial charge in [0.1, 0.15) is 5.75 Å². The van der Waals surface area contributed by atoms with Gasteiger partial charge in [0.25, 0.3) is 0 Å². The molecule has 0 radical (unpaired) electrons. The highest BCUT2D eigenvalue weighted by molar-refractivity contribution is 14.2. The van der Waals surface area contributed by atoms with Crippen LogP contribution in [0.3, 0.4) is 0 Å². The summed E-state index contributed by atoms with van der Waals surface area (Å²) in [7, 11) is 1.49. The molecule has 3 heteroatoms. The van der Waals surface area contributed by atoms with Crippen LogP contribution in [0.5, 0.6) is 5.75 Å². The minimum absolute atomic E-state index is 0.435. The van der Waals surface area contributed by atoms with Gasteiger partial charge in [0.2, 0.25) is 0 Å². The van der Waals surface area contributed by atoms with Gasteiger partial charge in [-0.25, -0.2) is 0 Å². The SMILES string of the molecule is ISC#Cc1ccccc1OC1CC1. The summed E-state index contributed by atoms with van der Waals surface area (Å²) in [6.45, 7) is 0. The molecule has 1 aromatic carbocycles. The van der Waals surface area contributed by atoms with Crippen molar-refractivity contribution in [1.82, 2.24) is 0 Å². The molecule has 0 aliphatic heterocycles. The molecule has 0 atom stereocenters. The number of rotatable bonds is 2. The van der Waals surface area contributed by atoms with Crippen LogP contribution in [0.2, 0.25) is 0 Å². The van der Waals surface area contributed by atoms with Gasteiger partial charge in [0.15, 0.2) is 0 Å². The van der Waals surface area contributed by atoms with Crippen LogP contribution in [0.4, 0.5) is 0 Å². The number of ether oxygens (including phenoxy) is 1. The molecule has 0 bridgehead atoms. The second kappa shape index (κ2) is 4.94. The Labute approximate surface area is 100 Å². The van der Waals surface area contributed by atoms with E-state index in [0.717, 1.165) is 11.3 Å². The average molecular weight is 316 g/mol. The monoisotopic (exact) mass is 316 g/mol. The highest BCUT2D eigenvalue weighted by Gasteiger charge is 2.24. The number of para-hydroxylation sites is 1. The molecule has 0 spiro atoms. The Balaban J connectivity index is 2.18. The third-order valence-electron chi connectivity index (χ3n) is 1.93. The molecule has 1 aliphatic carbocycles. The number of halogens is 1. The highest BCUT2D eigenvalue weighted by Crippen LogP contribution is 2.28. The van der Waals surface area contributed by atoms with Gasteiger partial charge in [-0.2, -0.15) is 0 Å². The van der Waals surface area contributed by atoms with Crippen molar-refractivity contribution >= 4 is 30.1 Å². The number of hydrogen-bond acceptors (Lipinski definition) is 2. The fourth-order valence-electron chi connectivity index (χ4n) is 1.11. The average Bonchev–Trinajstić information content (AvgIpc) is 3.01. The Hall–Kier alpha value is -0.340. The molecular weight excluding hydrogens is 307 g/mol. The lowest BCUT2D eigenvalue weighted by Crippen LogP contribution is -1.97. The summed E-state index contributed by atoms with van der Waals surface area (Å²) in [4.78, 5) is 0. The quantitative estimate of drug-likeness (QED) is 0.609. The third kappa shape index (κ3) is 2.82. The fourth-order valence-corrected chi connectivity index (χ4v) is 1.59. The van der Waals surface area contributed by atoms with Gasteiger partial charge in [-0.3, -0.25) is 0 Å². The van der Waals surface area contributed by atoms with Crippen molar-refractivity contribution in [2.75, 3.05) is 0 Å². The largest absolute Gasteiger partial charge is 0.489 e. The van der Waals surface area contributed by atoms with Crippen LogP contribution < -0.4 is 4.74 Å². The molecule has 1 saturated carbocycles. The third-order valence-corrected chi connectivity index (χ3v) is 2.77. The molecule has 0 aromatic heterocycles. The van der Waals surface area contributed by atoms with Gasteiger partial charge < -0.3 is 4.74 Å². The molecule has 0 amide bonds. The molecule has 2 rings (SSSR count). The maximum Gasteiger partial charge on any atom is 0.135 e. The first-order chi connectivity index (χ1) is 6.90. The predicted molar refractivity (Wildman–Crippen MR) is 68.6 cm³/mol. The number of benzene rings is 1. The zero-order valence-electron chi connectivity index (χ0n) is 7.50. The summed E-state index contributed by atoms with van der Waals surface area (Å²) >= 11 is 2.17. The van der Waals surface area contributed by atoms with Crippen LogP contribution >= 0.6 is 30.1 Å². The van der Waals surface area contributed by atoms with Gasteiger partial charge >= 0.3 is 0 Å². The second-order valence-corrected chi connectivity index (χ2v) is 4.80. The Morgan fingerprint density at radius 2 is 2.14 bits per heavy atom. The topological polar surface area (TPSA) is 9.23 Å². The summed E-state index contributed by atoms with van der Waals surface area (Å²) in [6, 6.07) is 7.96. The standard InChI is InChI=1S/C11H9IOS/c12-14-8-7-9-3-1-2-4-11(9)13-10-5-6-10/h1-4,10H,5-6H2. The molecule has 14 heavy (non-hydrogen) atoms. The second-order valence-electron chi connectivity index (χ2n) is 3.12. The number of hydrogen-bond donors (Lipinski definition) is 0. The van der Waals surface area contributed by atoms with E-state index >= 15 is 0 Å². The molecule has 1 aliphatic rings. The normalized spacial score (nSPS) is 14.4. The van der Waals surface area contributed by atoms with Crippen molar-refractivity contribution in [3.63, 3.8) is 0 Å². The molecule has 1 nitrogen and oxygen atoms in total. The van der Waals surface area contributed by atoms with Crippen LogP contribution in [0.25, 0.3) is 0 Å². The first-order valence-electron chi connectivity index (χ1n) is 4.44. The Morgan fingerprint density at radius 1 is 1.36 bits per heavy atom. The zero-order chi connectivity index (χ0) is 9.80. The first kappa shape index (κ1) is 10.2. The van der Waals surface area contributed by atoms with E-state index < -0.39 is 0 Å². The molecule has 72 valence electrons. The first-order valence-corrected chi connectivity index (χ1v) is 7.80. The Kier molecular flexibility index (Phi) is 3.60. The minimum atomic E-state index is 0.435. The van der Waals surface area contributed by atoms with E-state index in [2.05, 4.69) is 32.4 Å². The van der Waals surface area contributed by atoms with Gasteiger partial charge in [0, 0.05) is 21.2 Å². The van der Waals surface area contributed by atoms with Crippen molar-refractivity contribution in [3.05, 3.63) is 29.8 Å². The highest BCUT2D eigenvalue weighted by atomic mass is 127. The molecule has 1 fully saturated rings. The summed E-state index contributed by atoms with van der Waals surface area (Å²) in [5.41, 5.74) is 0.989. The molecule has 0 heterocycles. The van der Waals surface area contributed by atoms with E-state index in [-0.39, 0.29) is 0 Å². The van der Waals surface area contributed by atoms with Gasteiger partial charge in [-0.1, -0.05) is 18.1 Å². The van der Waals surface area contributed by atoms with Crippen molar-refractivity contribution in [2.45, 2.75) is 18.9 Å². The zero-order valence-corrected chi connectivity index (χ0v) is 10.5. The Morgan fingerprint density at radius 3 is 2.86 bits per heavy atom.